The zero-order valence-corrected chi connectivity index (χ0v) is 22.7. The zero-order valence-electron chi connectivity index (χ0n) is 21.1. The van der Waals surface area contributed by atoms with Gasteiger partial charge < -0.3 is 10.2 Å². The van der Waals surface area contributed by atoms with Crippen LogP contribution in [0.3, 0.4) is 0 Å². The average Bonchev–Trinajstić information content (AvgIpc) is 2.79. The zero-order chi connectivity index (χ0) is 26.2. The summed E-state index contributed by atoms with van der Waals surface area (Å²) in [5, 5.41) is 3.49. The molecule has 2 atom stereocenters. The molecule has 2 rings (SSSR count). The highest BCUT2D eigenvalue weighted by Gasteiger charge is 2.27. The van der Waals surface area contributed by atoms with Crippen LogP contribution in [0, 0.1) is 6.92 Å². The normalized spacial score (nSPS) is 13.1. The molecule has 7 nitrogen and oxygen atoms in total. The lowest BCUT2D eigenvalue weighted by Gasteiger charge is -2.30. The molecule has 2 amide bonds. The Morgan fingerprint density at radius 2 is 1.77 bits per heavy atom. The van der Waals surface area contributed by atoms with Crippen LogP contribution in [-0.2, 0) is 26.2 Å². The lowest BCUT2D eigenvalue weighted by atomic mass is 10.1. The number of hydrogen-bond donors (Lipinski definition) is 1. The molecular formula is C26H36ClN3O4S. The molecule has 0 aromatic heterocycles. The van der Waals surface area contributed by atoms with E-state index < -0.39 is 16.1 Å². The van der Waals surface area contributed by atoms with Crippen LogP contribution in [0.5, 0.6) is 0 Å². The Balaban J connectivity index is 2.18. The molecular weight excluding hydrogens is 486 g/mol. The Morgan fingerprint density at radius 1 is 1.09 bits per heavy atom. The molecule has 0 aliphatic rings. The number of nitrogens with one attached hydrogen (secondary N) is 1. The minimum absolute atomic E-state index is 0.00879. The third kappa shape index (κ3) is 8.54. The molecule has 0 aliphatic heterocycles. The second-order valence-electron chi connectivity index (χ2n) is 8.87. The molecule has 0 fully saturated rings. The van der Waals surface area contributed by atoms with Crippen molar-refractivity contribution in [1.29, 1.82) is 0 Å². The van der Waals surface area contributed by atoms with E-state index in [-0.39, 0.29) is 37.4 Å². The number of hydrogen-bond acceptors (Lipinski definition) is 4. The van der Waals surface area contributed by atoms with E-state index in [0.29, 0.717) is 17.1 Å². The monoisotopic (exact) mass is 521 g/mol. The van der Waals surface area contributed by atoms with E-state index in [0.717, 1.165) is 23.8 Å². The summed E-state index contributed by atoms with van der Waals surface area (Å²) in [5.74, 6) is -0.456. The van der Waals surface area contributed by atoms with Gasteiger partial charge in [-0.3, -0.25) is 13.9 Å². The van der Waals surface area contributed by atoms with Gasteiger partial charge in [-0.15, -0.1) is 0 Å². The van der Waals surface area contributed by atoms with Crippen LogP contribution >= 0.6 is 11.6 Å². The molecule has 0 saturated carbocycles. The van der Waals surface area contributed by atoms with Crippen LogP contribution < -0.4 is 9.62 Å². The Hall–Kier alpha value is -2.58. The largest absolute Gasteiger partial charge is 0.352 e. The summed E-state index contributed by atoms with van der Waals surface area (Å²) in [7, 11) is -3.53. The van der Waals surface area contributed by atoms with Crippen molar-refractivity contribution in [2.24, 2.45) is 0 Å². The molecule has 9 heteroatoms. The van der Waals surface area contributed by atoms with Gasteiger partial charge in [0.25, 0.3) is 0 Å². The first-order valence-corrected chi connectivity index (χ1v) is 14.0. The van der Waals surface area contributed by atoms with Crippen molar-refractivity contribution in [2.45, 2.75) is 65.6 Å². The second-order valence-corrected chi connectivity index (χ2v) is 11.2. The first-order valence-electron chi connectivity index (χ1n) is 11.8. The predicted octanol–water partition coefficient (Wildman–Crippen LogP) is 4.53. The Bertz CT molecular complexity index is 1120. The third-order valence-corrected chi connectivity index (χ3v) is 7.36. The van der Waals surface area contributed by atoms with Gasteiger partial charge in [0, 0.05) is 30.6 Å². The quantitative estimate of drug-likeness (QED) is 0.444. The molecule has 0 heterocycles. The summed E-state index contributed by atoms with van der Waals surface area (Å²) in [5.41, 5.74) is 2.24. The fraction of sp³-hybridized carbons (Fsp3) is 0.462. The van der Waals surface area contributed by atoms with Crippen molar-refractivity contribution >= 4 is 39.1 Å². The van der Waals surface area contributed by atoms with Crippen molar-refractivity contribution in [2.75, 3.05) is 17.1 Å². The van der Waals surface area contributed by atoms with Gasteiger partial charge in [0.2, 0.25) is 21.8 Å². The standard InChI is InChI=1S/C26H36ClN3O4S/c1-6-20(3)28-26(32)21(4)29(18-22-12-9-13-23(27)17-22)25(31)15-10-16-30(35(5,33)34)24-14-8-7-11-19(24)2/h7-9,11-14,17,20-21H,6,10,15-16,18H2,1-5H3,(H,28,32)/t20-,21+/m1/s1. The Kier molecular flexibility index (Phi) is 10.6. The molecule has 0 unspecified atom stereocenters. The van der Waals surface area contributed by atoms with Crippen LogP contribution in [0.1, 0.15) is 51.2 Å². The molecule has 35 heavy (non-hydrogen) atoms. The highest BCUT2D eigenvalue weighted by atomic mass is 35.5. The number of benzene rings is 2. The number of aryl methyl sites for hydroxylation is 1. The van der Waals surface area contributed by atoms with Crippen molar-refractivity contribution in [3.8, 4) is 0 Å². The second kappa shape index (κ2) is 12.9. The Labute approximate surface area is 214 Å². The van der Waals surface area contributed by atoms with Gasteiger partial charge in [-0.1, -0.05) is 48.9 Å². The van der Waals surface area contributed by atoms with Gasteiger partial charge >= 0.3 is 0 Å². The number of sulfonamides is 1. The Morgan fingerprint density at radius 3 is 2.37 bits per heavy atom. The van der Waals surface area contributed by atoms with E-state index in [9.17, 15) is 18.0 Å². The summed E-state index contributed by atoms with van der Waals surface area (Å²) >= 11 is 6.12. The van der Waals surface area contributed by atoms with E-state index >= 15 is 0 Å². The molecule has 0 bridgehead atoms. The smallest absolute Gasteiger partial charge is 0.242 e. The molecule has 0 spiro atoms. The first-order chi connectivity index (χ1) is 16.4. The van der Waals surface area contributed by atoms with Gasteiger partial charge in [-0.2, -0.15) is 0 Å². The molecule has 0 aliphatic carbocycles. The van der Waals surface area contributed by atoms with Crippen LogP contribution in [0.15, 0.2) is 48.5 Å². The third-order valence-electron chi connectivity index (χ3n) is 5.95. The van der Waals surface area contributed by atoms with E-state index in [4.69, 9.17) is 11.6 Å². The van der Waals surface area contributed by atoms with Crippen molar-refractivity contribution in [3.63, 3.8) is 0 Å². The van der Waals surface area contributed by atoms with E-state index in [1.54, 1.807) is 37.3 Å². The molecule has 2 aromatic carbocycles. The molecule has 192 valence electrons. The maximum Gasteiger partial charge on any atom is 0.242 e. The van der Waals surface area contributed by atoms with Gasteiger partial charge in [0.15, 0.2) is 0 Å². The minimum Gasteiger partial charge on any atom is -0.352 e. The van der Waals surface area contributed by atoms with Crippen molar-refractivity contribution in [1.82, 2.24) is 10.2 Å². The molecule has 2 aromatic rings. The average molecular weight is 522 g/mol. The SMILES string of the molecule is CC[C@@H](C)NC(=O)[C@H](C)N(Cc1cccc(Cl)c1)C(=O)CCCN(c1ccccc1C)S(C)(=O)=O. The number of halogens is 1. The van der Waals surface area contributed by atoms with E-state index in [1.165, 1.54) is 9.21 Å². The highest BCUT2D eigenvalue weighted by Crippen LogP contribution is 2.23. The topological polar surface area (TPSA) is 86.8 Å². The van der Waals surface area contributed by atoms with Crippen LogP contribution in [0.25, 0.3) is 0 Å². The summed E-state index contributed by atoms with van der Waals surface area (Å²) < 4.78 is 26.3. The van der Waals surface area contributed by atoms with Crippen LogP contribution in [-0.4, -0.2) is 50.0 Å². The van der Waals surface area contributed by atoms with Crippen molar-refractivity contribution in [3.05, 3.63) is 64.7 Å². The maximum absolute atomic E-state index is 13.3. The summed E-state index contributed by atoms with van der Waals surface area (Å²) in [6, 6.07) is 13.7. The number of para-hydroxylation sites is 1. The minimum atomic E-state index is -3.53. The number of rotatable bonds is 12. The maximum atomic E-state index is 13.3. The molecule has 1 N–H and O–H groups in total. The van der Waals surface area contributed by atoms with E-state index in [1.807, 2.05) is 39.0 Å². The predicted molar refractivity (Wildman–Crippen MR) is 142 cm³/mol. The lowest BCUT2D eigenvalue weighted by Crippen LogP contribution is -2.49. The summed E-state index contributed by atoms with van der Waals surface area (Å²) in [6.07, 6.45) is 2.35. The van der Waals surface area contributed by atoms with Gasteiger partial charge in [0.05, 0.1) is 11.9 Å². The number of carbonyl (C=O) groups is 2. The van der Waals surface area contributed by atoms with E-state index in [2.05, 4.69) is 5.32 Å². The number of carbonyl (C=O) groups excluding carboxylic acids is 2. The summed E-state index contributed by atoms with van der Waals surface area (Å²) in [4.78, 5) is 27.7. The van der Waals surface area contributed by atoms with Crippen LogP contribution in [0.4, 0.5) is 5.69 Å². The number of nitrogens with zero attached hydrogens (tertiary/aromatic N) is 2. The fourth-order valence-electron chi connectivity index (χ4n) is 3.71. The fourth-order valence-corrected chi connectivity index (χ4v) is 4.94. The molecule has 0 radical (unpaired) electrons. The van der Waals surface area contributed by atoms with Gasteiger partial charge in [0.1, 0.15) is 6.04 Å². The number of anilines is 1. The summed E-state index contributed by atoms with van der Waals surface area (Å²) in [6.45, 7) is 7.83. The highest BCUT2D eigenvalue weighted by molar-refractivity contribution is 7.92. The van der Waals surface area contributed by atoms with Gasteiger partial charge in [-0.05, 0) is 62.9 Å². The van der Waals surface area contributed by atoms with Crippen molar-refractivity contribution < 1.29 is 18.0 Å². The number of amides is 2. The lowest BCUT2D eigenvalue weighted by molar-refractivity contribution is -0.140. The van der Waals surface area contributed by atoms with Crippen LogP contribution in [0.2, 0.25) is 5.02 Å². The molecule has 0 saturated heterocycles. The van der Waals surface area contributed by atoms with Gasteiger partial charge in [-0.25, -0.2) is 8.42 Å². The first kappa shape index (κ1) is 28.7.